The van der Waals surface area contributed by atoms with Crippen LogP contribution in [0.4, 0.5) is 10.1 Å². The van der Waals surface area contributed by atoms with Crippen molar-refractivity contribution in [3.05, 3.63) is 44.9 Å². The quantitative estimate of drug-likeness (QED) is 0.890. The van der Waals surface area contributed by atoms with E-state index in [0.717, 1.165) is 22.4 Å². The average Bonchev–Trinajstić information content (AvgIpc) is 2.67. The largest absolute Gasteiger partial charge is 0.379 e. The summed E-state index contributed by atoms with van der Waals surface area (Å²) in [6, 6.07) is 4.67. The minimum Gasteiger partial charge on any atom is -0.379 e. The molecular formula is C13H14BrClFN3. The molecule has 0 aliphatic carbocycles. The van der Waals surface area contributed by atoms with Crippen molar-refractivity contribution in [2.24, 2.45) is 0 Å². The summed E-state index contributed by atoms with van der Waals surface area (Å²) in [5.74, 6) is -0.425. The minimum atomic E-state index is -0.425. The van der Waals surface area contributed by atoms with Crippen LogP contribution in [0.1, 0.15) is 18.3 Å². The Hall–Kier alpha value is -1.07. The summed E-state index contributed by atoms with van der Waals surface area (Å²) in [6.07, 6.45) is 0. The van der Waals surface area contributed by atoms with Crippen LogP contribution in [0, 0.1) is 12.7 Å². The van der Waals surface area contributed by atoms with Gasteiger partial charge in [0.1, 0.15) is 5.82 Å². The molecule has 0 unspecified atom stereocenters. The van der Waals surface area contributed by atoms with Gasteiger partial charge in [0.15, 0.2) is 0 Å². The van der Waals surface area contributed by atoms with Crippen molar-refractivity contribution in [1.82, 2.24) is 9.78 Å². The topological polar surface area (TPSA) is 29.9 Å². The highest BCUT2D eigenvalue weighted by atomic mass is 79.9. The molecule has 0 spiro atoms. The number of anilines is 1. The zero-order chi connectivity index (χ0) is 14.0. The van der Waals surface area contributed by atoms with E-state index in [4.69, 9.17) is 11.6 Å². The van der Waals surface area contributed by atoms with Crippen LogP contribution in [0.2, 0.25) is 5.02 Å². The van der Waals surface area contributed by atoms with Crippen LogP contribution < -0.4 is 5.32 Å². The Morgan fingerprint density at radius 1 is 1.47 bits per heavy atom. The number of nitrogens with zero attached hydrogens (tertiary/aromatic N) is 2. The van der Waals surface area contributed by atoms with E-state index < -0.39 is 5.82 Å². The first-order valence-corrected chi connectivity index (χ1v) is 7.10. The zero-order valence-electron chi connectivity index (χ0n) is 10.7. The Kier molecular flexibility index (Phi) is 4.47. The van der Waals surface area contributed by atoms with Crippen molar-refractivity contribution in [1.29, 1.82) is 0 Å². The van der Waals surface area contributed by atoms with E-state index in [1.165, 1.54) is 12.1 Å². The highest BCUT2D eigenvalue weighted by Crippen LogP contribution is 2.23. The van der Waals surface area contributed by atoms with Gasteiger partial charge < -0.3 is 5.32 Å². The van der Waals surface area contributed by atoms with Crippen molar-refractivity contribution in [3.63, 3.8) is 0 Å². The van der Waals surface area contributed by atoms with Crippen molar-refractivity contribution >= 4 is 33.2 Å². The molecular weight excluding hydrogens is 333 g/mol. The molecule has 0 aliphatic heterocycles. The molecule has 1 heterocycles. The number of hydrogen-bond acceptors (Lipinski definition) is 2. The molecule has 0 bridgehead atoms. The number of aromatic nitrogens is 2. The Labute approximate surface area is 124 Å². The molecule has 19 heavy (non-hydrogen) atoms. The van der Waals surface area contributed by atoms with Gasteiger partial charge in [-0.2, -0.15) is 5.10 Å². The maximum atomic E-state index is 13.3. The molecule has 6 heteroatoms. The van der Waals surface area contributed by atoms with Crippen LogP contribution in [0.3, 0.4) is 0 Å². The lowest BCUT2D eigenvalue weighted by atomic mass is 10.3. The third-order valence-corrected chi connectivity index (χ3v) is 4.17. The predicted octanol–water partition coefficient (Wildman–Crippen LogP) is 4.38. The normalized spacial score (nSPS) is 10.8. The third-order valence-electron chi connectivity index (χ3n) is 2.83. The van der Waals surface area contributed by atoms with Crippen molar-refractivity contribution in [2.45, 2.75) is 26.9 Å². The van der Waals surface area contributed by atoms with Crippen molar-refractivity contribution < 1.29 is 4.39 Å². The van der Waals surface area contributed by atoms with Crippen LogP contribution in [-0.2, 0) is 13.1 Å². The fraction of sp³-hybridized carbons (Fsp3) is 0.308. The number of halogens is 3. The first kappa shape index (κ1) is 14.3. The lowest BCUT2D eigenvalue weighted by Gasteiger charge is -2.09. The van der Waals surface area contributed by atoms with Crippen molar-refractivity contribution in [2.75, 3.05) is 5.32 Å². The maximum absolute atomic E-state index is 13.3. The molecule has 0 saturated heterocycles. The summed E-state index contributed by atoms with van der Waals surface area (Å²) < 4.78 is 16.2. The zero-order valence-corrected chi connectivity index (χ0v) is 13.0. The number of nitrogens with one attached hydrogen (secondary N) is 1. The van der Waals surface area contributed by atoms with Gasteiger partial charge in [0.2, 0.25) is 0 Å². The maximum Gasteiger partial charge on any atom is 0.143 e. The highest BCUT2D eigenvalue weighted by Gasteiger charge is 2.11. The lowest BCUT2D eigenvalue weighted by Crippen LogP contribution is -2.08. The Morgan fingerprint density at radius 3 is 2.84 bits per heavy atom. The average molecular weight is 347 g/mol. The van der Waals surface area contributed by atoms with Gasteiger partial charge in [-0.15, -0.1) is 0 Å². The van der Waals surface area contributed by atoms with E-state index in [0.29, 0.717) is 12.2 Å². The molecule has 0 aliphatic rings. The number of aryl methyl sites for hydroxylation is 2. The van der Waals surface area contributed by atoms with Crippen LogP contribution >= 0.6 is 27.5 Å². The smallest absolute Gasteiger partial charge is 0.143 e. The van der Waals surface area contributed by atoms with E-state index in [2.05, 4.69) is 26.3 Å². The third kappa shape index (κ3) is 3.09. The summed E-state index contributed by atoms with van der Waals surface area (Å²) >= 11 is 9.17. The SMILES string of the molecule is CCn1nc(C)c(Br)c1CNc1ccc(Cl)c(F)c1. The molecule has 2 rings (SSSR count). The van der Waals surface area contributed by atoms with E-state index in [1.54, 1.807) is 6.07 Å². The summed E-state index contributed by atoms with van der Waals surface area (Å²) in [7, 11) is 0. The second-order valence-corrected chi connectivity index (χ2v) is 5.34. The molecule has 1 aromatic carbocycles. The van der Waals surface area contributed by atoms with Crippen LogP contribution in [0.5, 0.6) is 0 Å². The van der Waals surface area contributed by atoms with Crippen LogP contribution in [0.25, 0.3) is 0 Å². The fourth-order valence-electron chi connectivity index (χ4n) is 1.83. The number of benzene rings is 1. The second-order valence-electron chi connectivity index (χ2n) is 4.14. The van der Waals surface area contributed by atoms with Gasteiger partial charge in [0.25, 0.3) is 0 Å². The molecule has 0 saturated carbocycles. The standard InChI is InChI=1S/C13H14BrClFN3/c1-3-19-12(13(14)8(2)18-19)7-17-9-4-5-10(15)11(16)6-9/h4-6,17H,3,7H2,1-2H3. The molecule has 102 valence electrons. The van der Waals surface area contributed by atoms with E-state index >= 15 is 0 Å². The van der Waals surface area contributed by atoms with Gasteiger partial charge in [-0.3, -0.25) is 4.68 Å². The van der Waals surface area contributed by atoms with E-state index in [1.807, 2.05) is 18.5 Å². The Bertz CT molecular complexity index is 598. The molecule has 1 N–H and O–H groups in total. The summed E-state index contributed by atoms with van der Waals surface area (Å²) in [6.45, 7) is 5.33. The van der Waals surface area contributed by atoms with Gasteiger partial charge in [0.05, 0.1) is 27.4 Å². The van der Waals surface area contributed by atoms with Crippen LogP contribution in [0.15, 0.2) is 22.7 Å². The number of hydrogen-bond donors (Lipinski definition) is 1. The molecule has 2 aromatic rings. The van der Waals surface area contributed by atoms with Crippen LogP contribution in [-0.4, -0.2) is 9.78 Å². The monoisotopic (exact) mass is 345 g/mol. The molecule has 1 aromatic heterocycles. The first-order valence-electron chi connectivity index (χ1n) is 5.93. The summed E-state index contributed by atoms with van der Waals surface area (Å²) in [4.78, 5) is 0. The highest BCUT2D eigenvalue weighted by molar-refractivity contribution is 9.10. The molecule has 0 amide bonds. The summed E-state index contributed by atoms with van der Waals surface area (Å²) in [5.41, 5.74) is 2.67. The summed E-state index contributed by atoms with van der Waals surface area (Å²) in [5, 5.41) is 7.70. The van der Waals surface area contributed by atoms with Gasteiger partial charge >= 0.3 is 0 Å². The van der Waals surface area contributed by atoms with Gasteiger partial charge in [-0.1, -0.05) is 11.6 Å². The minimum absolute atomic E-state index is 0.126. The fourth-order valence-corrected chi connectivity index (χ4v) is 2.37. The van der Waals surface area contributed by atoms with E-state index in [-0.39, 0.29) is 5.02 Å². The molecule has 0 radical (unpaired) electrons. The molecule has 0 fully saturated rings. The molecule has 3 nitrogen and oxygen atoms in total. The molecule has 0 atom stereocenters. The van der Waals surface area contributed by atoms with Gasteiger partial charge in [-0.25, -0.2) is 4.39 Å². The second kappa shape index (κ2) is 5.92. The van der Waals surface area contributed by atoms with Gasteiger partial charge in [0, 0.05) is 12.2 Å². The van der Waals surface area contributed by atoms with Crippen molar-refractivity contribution in [3.8, 4) is 0 Å². The lowest BCUT2D eigenvalue weighted by molar-refractivity contribution is 0.620. The Morgan fingerprint density at radius 2 is 2.21 bits per heavy atom. The Balaban J connectivity index is 2.16. The first-order chi connectivity index (χ1) is 9.02. The number of rotatable bonds is 4. The van der Waals surface area contributed by atoms with Gasteiger partial charge in [-0.05, 0) is 48.0 Å². The predicted molar refractivity (Wildman–Crippen MR) is 79.1 cm³/mol. The van der Waals surface area contributed by atoms with E-state index in [9.17, 15) is 4.39 Å².